The van der Waals surface area contributed by atoms with Crippen molar-refractivity contribution in [3.63, 3.8) is 0 Å². The van der Waals surface area contributed by atoms with Crippen LogP contribution in [0.3, 0.4) is 0 Å². The molecule has 2 aromatic heterocycles. The number of rotatable bonds is 3. The number of para-hydroxylation sites is 1. The summed E-state index contributed by atoms with van der Waals surface area (Å²) in [5.41, 5.74) is 3.64. The largest absolute Gasteiger partial charge is 0.426 e. The molecule has 0 saturated carbocycles. The van der Waals surface area contributed by atoms with Gasteiger partial charge in [0.25, 0.3) is 0 Å². The van der Waals surface area contributed by atoms with Crippen LogP contribution >= 0.6 is 0 Å². The molecule has 108 valence electrons. The molecule has 22 heavy (non-hydrogen) atoms. The van der Waals surface area contributed by atoms with E-state index in [4.69, 9.17) is 4.74 Å². The van der Waals surface area contributed by atoms with Crippen LogP contribution in [0.2, 0.25) is 0 Å². The Kier molecular flexibility index (Phi) is 2.89. The lowest BCUT2D eigenvalue weighted by Crippen LogP contribution is -2.10. The zero-order valence-electron chi connectivity index (χ0n) is 11.7. The number of imidazole rings is 1. The number of carbonyl (C=O) groups is 1. The first-order valence-electron chi connectivity index (χ1n) is 6.98. The van der Waals surface area contributed by atoms with Crippen molar-refractivity contribution < 1.29 is 9.53 Å². The second-order valence-electron chi connectivity index (χ2n) is 5.09. The number of H-pyrrole nitrogens is 2. The van der Waals surface area contributed by atoms with Gasteiger partial charge in [0.05, 0.1) is 23.8 Å². The predicted octanol–water partition coefficient (Wildman–Crippen LogP) is 3.19. The molecular formula is C17H13N3O2. The summed E-state index contributed by atoms with van der Waals surface area (Å²) in [7, 11) is 0. The van der Waals surface area contributed by atoms with Crippen LogP contribution in [-0.4, -0.2) is 20.9 Å². The molecule has 0 atom stereocenters. The van der Waals surface area contributed by atoms with Crippen molar-refractivity contribution in [1.82, 2.24) is 15.0 Å². The van der Waals surface area contributed by atoms with E-state index in [-0.39, 0.29) is 12.4 Å². The van der Waals surface area contributed by atoms with Crippen LogP contribution < -0.4 is 4.74 Å². The Morgan fingerprint density at radius 1 is 1.09 bits per heavy atom. The van der Waals surface area contributed by atoms with E-state index in [1.54, 1.807) is 18.5 Å². The highest BCUT2D eigenvalue weighted by molar-refractivity contribution is 5.88. The maximum atomic E-state index is 12.1. The SMILES string of the molecule is O=C(Cc1c[nH]c2ccccc12)Oc1ccc2nc[nH]c2c1. The lowest BCUT2D eigenvalue weighted by atomic mass is 10.1. The minimum absolute atomic E-state index is 0.227. The van der Waals surface area contributed by atoms with E-state index in [9.17, 15) is 4.79 Å². The first-order chi connectivity index (χ1) is 10.8. The van der Waals surface area contributed by atoms with Crippen LogP contribution in [0, 0.1) is 0 Å². The molecule has 0 bridgehead atoms. The van der Waals surface area contributed by atoms with Crippen LogP contribution in [0.1, 0.15) is 5.56 Å². The molecule has 5 nitrogen and oxygen atoms in total. The van der Waals surface area contributed by atoms with Gasteiger partial charge in [0.15, 0.2) is 0 Å². The Hall–Kier alpha value is -3.08. The highest BCUT2D eigenvalue weighted by Gasteiger charge is 2.11. The monoisotopic (exact) mass is 291 g/mol. The van der Waals surface area contributed by atoms with Crippen molar-refractivity contribution in [2.45, 2.75) is 6.42 Å². The summed E-state index contributed by atoms with van der Waals surface area (Å²) < 4.78 is 5.41. The number of esters is 1. The molecule has 0 amide bonds. The zero-order chi connectivity index (χ0) is 14.9. The Morgan fingerprint density at radius 3 is 2.95 bits per heavy atom. The molecule has 0 radical (unpaired) electrons. The molecule has 2 heterocycles. The Bertz CT molecular complexity index is 968. The highest BCUT2D eigenvalue weighted by Crippen LogP contribution is 2.21. The van der Waals surface area contributed by atoms with Gasteiger partial charge in [0.1, 0.15) is 5.75 Å². The number of nitrogens with one attached hydrogen (secondary N) is 2. The van der Waals surface area contributed by atoms with Crippen LogP contribution in [0.5, 0.6) is 5.75 Å². The van der Waals surface area contributed by atoms with Gasteiger partial charge in [0, 0.05) is 23.2 Å². The zero-order valence-corrected chi connectivity index (χ0v) is 11.7. The van der Waals surface area contributed by atoms with E-state index in [1.165, 1.54) is 0 Å². The maximum absolute atomic E-state index is 12.1. The Balaban J connectivity index is 1.54. The fraction of sp³-hybridized carbons (Fsp3) is 0.0588. The van der Waals surface area contributed by atoms with Crippen molar-refractivity contribution >= 4 is 27.9 Å². The van der Waals surface area contributed by atoms with E-state index in [0.717, 1.165) is 27.5 Å². The van der Waals surface area contributed by atoms with Crippen molar-refractivity contribution in [2.24, 2.45) is 0 Å². The van der Waals surface area contributed by atoms with Gasteiger partial charge >= 0.3 is 5.97 Å². The lowest BCUT2D eigenvalue weighted by molar-refractivity contribution is -0.133. The van der Waals surface area contributed by atoms with Crippen LogP contribution in [0.25, 0.3) is 21.9 Å². The summed E-state index contributed by atoms with van der Waals surface area (Å²) in [6.45, 7) is 0. The topological polar surface area (TPSA) is 70.8 Å². The minimum Gasteiger partial charge on any atom is -0.426 e. The average Bonchev–Trinajstić information content (AvgIpc) is 3.14. The van der Waals surface area contributed by atoms with Gasteiger partial charge in [-0.1, -0.05) is 18.2 Å². The molecule has 0 spiro atoms. The molecule has 2 N–H and O–H groups in total. The fourth-order valence-corrected chi connectivity index (χ4v) is 2.58. The predicted molar refractivity (Wildman–Crippen MR) is 83.7 cm³/mol. The van der Waals surface area contributed by atoms with Gasteiger partial charge in [-0.15, -0.1) is 0 Å². The lowest BCUT2D eigenvalue weighted by Gasteiger charge is -2.04. The van der Waals surface area contributed by atoms with E-state index in [2.05, 4.69) is 15.0 Å². The van der Waals surface area contributed by atoms with Gasteiger partial charge in [-0.3, -0.25) is 4.79 Å². The Morgan fingerprint density at radius 2 is 2.00 bits per heavy atom. The van der Waals surface area contributed by atoms with Crippen molar-refractivity contribution in [3.8, 4) is 5.75 Å². The molecule has 0 aliphatic heterocycles. The summed E-state index contributed by atoms with van der Waals surface area (Å²) in [6.07, 6.45) is 3.69. The molecule has 5 heteroatoms. The first kappa shape index (κ1) is 12.6. The third-order valence-electron chi connectivity index (χ3n) is 3.63. The maximum Gasteiger partial charge on any atom is 0.315 e. The molecule has 4 rings (SSSR count). The van der Waals surface area contributed by atoms with Gasteiger partial charge in [-0.25, -0.2) is 4.98 Å². The second kappa shape index (κ2) is 5.04. The summed E-state index contributed by atoms with van der Waals surface area (Å²) in [6, 6.07) is 13.2. The number of aromatic nitrogens is 3. The molecule has 0 saturated heterocycles. The van der Waals surface area contributed by atoms with Crippen LogP contribution in [-0.2, 0) is 11.2 Å². The van der Waals surface area contributed by atoms with Gasteiger partial charge in [0.2, 0.25) is 0 Å². The summed E-state index contributed by atoms with van der Waals surface area (Å²) >= 11 is 0. The quantitative estimate of drug-likeness (QED) is 0.450. The third kappa shape index (κ3) is 2.22. The number of fused-ring (bicyclic) bond motifs is 2. The fourth-order valence-electron chi connectivity index (χ4n) is 2.58. The van der Waals surface area contributed by atoms with E-state index < -0.39 is 0 Å². The molecule has 0 aliphatic carbocycles. The highest BCUT2D eigenvalue weighted by atomic mass is 16.5. The average molecular weight is 291 g/mol. The summed E-state index contributed by atoms with van der Waals surface area (Å²) in [4.78, 5) is 22.4. The van der Waals surface area contributed by atoms with Crippen molar-refractivity contribution in [3.05, 3.63) is 60.6 Å². The molecule has 4 aromatic rings. The number of carbonyl (C=O) groups excluding carboxylic acids is 1. The third-order valence-corrected chi connectivity index (χ3v) is 3.63. The number of ether oxygens (including phenoxy) is 1. The number of hydrogen-bond acceptors (Lipinski definition) is 3. The second-order valence-corrected chi connectivity index (χ2v) is 5.09. The molecule has 2 aromatic carbocycles. The van der Waals surface area contributed by atoms with Crippen molar-refractivity contribution in [1.29, 1.82) is 0 Å². The normalized spacial score (nSPS) is 11.1. The van der Waals surface area contributed by atoms with Gasteiger partial charge in [-0.2, -0.15) is 0 Å². The smallest absolute Gasteiger partial charge is 0.315 e. The molecular weight excluding hydrogens is 278 g/mol. The number of aromatic amines is 2. The van der Waals surface area contributed by atoms with Gasteiger partial charge in [-0.05, 0) is 23.8 Å². The van der Waals surface area contributed by atoms with Crippen molar-refractivity contribution in [2.75, 3.05) is 0 Å². The number of benzene rings is 2. The molecule has 0 aliphatic rings. The van der Waals surface area contributed by atoms with Crippen LogP contribution in [0.4, 0.5) is 0 Å². The van der Waals surface area contributed by atoms with E-state index in [1.807, 2.05) is 36.5 Å². The standard InChI is InChI=1S/C17H13N3O2/c21-17(7-11-9-18-14-4-2-1-3-13(11)14)22-12-5-6-15-16(8-12)20-10-19-15/h1-6,8-10,18H,7H2,(H,19,20). The van der Waals surface area contributed by atoms with Crippen LogP contribution in [0.15, 0.2) is 55.0 Å². The van der Waals surface area contributed by atoms with E-state index in [0.29, 0.717) is 5.75 Å². The molecule has 0 unspecified atom stereocenters. The molecule has 0 fully saturated rings. The Labute approximate surface area is 125 Å². The number of hydrogen-bond donors (Lipinski definition) is 2. The van der Waals surface area contributed by atoms with E-state index >= 15 is 0 Å². The minimum atomic E-state index is -0.288. The summed E-state index contributed by atoms with van der Waals surface area (Å²) in [5.74, 6) is 0.227. The summed E-state index contributed by atoms with van der Waals surface area (Å²) in [5, 5.41) is 1.04. The first-order valence-corrected chi connectivity index (χ1v) is 6.98. The number of nitrogens with zero attached hydrogens (tertiary/aromatic N) is 1. The van der Waals surface area contributed by atoms with Gasteiger partial charge < -0.3 is 14.7 Å².